The lowest BCUT2D eigenvalue weighted by Gasteiger charge is -2.31. The Bertz CT molecular complexity index is 435. The van der Waals surface area contributed by atoms with E-state index in [9.17, 15) is 0 Å². The van der Waals surface area contributed by atoms with Gasteiger partial charge in [0.2, 0.25) is 0 Å². The van der Waals surface area contributed by atoms with Gasteiger partial charge in [-0.05, 0) is 43.9 Å². The van der Waals surface area contributed by atoms with E-state index in [0.29, 0.717) is 17.9 Å². The minimum absolute atomic E-state index is 0.615. The van der Waals surface area contributed by atoms with Gasteiger partial charge in [0.05, 0.1) is 6.61 Å². The molecule has 3 nitrogen and oxygen atoms in total. The second kappa shape index (κ2) is 5.51. The molecule has 3 atom stereocenters. The van der Waals surface area contributed by atoms with Crippen molar-refractivity contribution in [3.63, 3.8) is 0 Å². The summed E-state index contributed by atoms with van der Waals surface area (Å²) in [5, 5.41) is 0. The van der Waals surface area contributed by atoms with Crippen molar-refractivity contribution in [2.45, 2.75) is 31.7 Å². The first-order chi connectivity index (χ1) is 9.28. The molecule has 2 aliphatic rings. The fraction of sp³-hybridized carbons (Fsp3) is 0.625. The lowest BCUT2D eigenvalue weighted by Crippen LogP contribution is -2.34. The van der Waals surface area contributed by atoms with Gasteiger partial charge in [0, 0.05) is 25.0 Å². The second-order valence-corrected chi connectivity index (χ2v) is 6.01. The largest absolute Gasteiger partial charge is 0.493 e. The van der Waals surface area contributed by atoms with Gasteiger partial charge in [-0.2, -0.15) is 0 Å². The summed E-state index contributed by atoms with van der Waals surface area (Å²) in [5.41, 5.74) is 7.21. The number of para-hydroxylation sites is 1. The van der Waals surface area contributed by atoms with Crippen LogP contribution < -0.4 is 10.5 Å². The SMILES string of the molecule is CC1CC(CN)CN1CC1CCOc2ccccc21. The first-order valence-corrected chi connectivity index (χ1v) is 7.43. The van der Waals surface area contributed by atoms with Crippen LogP contribution in [0.25, 0.3) is 0 Å². The fourth-order valence-electron chi connectivity index (χ4n) is 3.53. The third kappa shape index (κ3) is 2.63. The molecule has 2 N–H and O–H groups in total. The van der Waals surface area contributed by atoms with Gasteiger partial charge in [-0.1, -0.05) is 18.2 Å². The Morgan fingerprint density at radius 1 is 1.37 bits per heavy atom. The predicted octanol–water partition coefficient (Wildman–Crippen LogP) is 2.22. The lowest BCUT2D eigenvalue weighted by molar-refractivity contribution is 0.205. The van der Waals surface area contributed by atoms with Gasteiger partial charge in [0.15, 0.2) is 0 Å². The van der Waals surface area contributed by atoms with E-state index in [1.165, 1.54) is 12.0 Å². The molecule has 1 saturated heterocycles. The molecular formula is C16H24N2O. The minimum Gasteiger partial charge on any atom is -0.493 e. The summed E-state index contributed by atoms with van der Waals surface area (Å²) in [7, 11) is 0. The molecule has 0 saturated carbocycles. The van der Waals surface area contributed by atoms with Gasteiger partial charge < -0.3 is 10.5 Å². The van der Waals surface area contributed by atoms with Crippen LogP contribution in [-0.2, 0) is 0 Å². The maximum absolute atomic E-state index is 5.82. The molecule has 0 spiro atoms. The van der Waals surface area contributed by atoms with Gasteiger partial charge in [0.1, 0.15) is 5.75 Å². The van der Waals surface area contributed by atoms with E-state index in [4.69, 9.17) is 10.5 Å². The zero-order valence-electron chi connectivity index (χ0n) is 11.7. The van der Waals surface area contributed by atoms with Crippen LogP contribution in [0.3, 0.4) is 0 Å². The van der Waals surface area contributed by atoms with Gasteiger partial charge in [-0.25, -0.2) is 0 Å². The number of hydrogen-bond acceptors (Lipinski definition) is 3. The van der Waals surface area contributed by atoms with Crippen LogP contribution in [0.15, 0.2) is 24.3 Å². The average molecular weight is 260 g/mol. The summed E-state index contributed by atoms with van der Waals surface area (Å²) in [5.74, 6) is 2.38. The number of nitrogens with zero attached hydrogens (tertiary/aromatic N) is 1. The van der Waals surface area contributed by atoms with E-state index in [2.05, 4.69) is 36.1 Å². The first kappa shape index (κ1) is 12.9. The van der Waals surface area contributed by atoms with Crippen LogP contribution >= 0.6 is 0 Å². The molecule has 3 rings (SSSR count). The number of nitrogens with two attached hydrogens (primary N) is 1. The summed E-state index contributed by atoms with van der Waals surface area (Å²) in [6.45, 7) is 6.32. The van der Waals surface area contributed by atoms with Gasteiger partial charge in [0.25, 0.3) is 0 Å². The summed E-state index contributed by atoms with van der Waals surface area (Å²) >= 11 is 0. The minimum atomic E-state index is 0.615. The van der Waals surface area contributed by atoms with Crippen LogP contribution in [0.4, 0.5) is 0 Å². The molecule has 2 heterocycles. The van der Waals surface area contributed by atoms with Crippen molar-refractivity contribution in [3.8, 4) is 5.75 Å². The monoisotopic (exact) mass is 260 g/mol. The Morgan fingerprint density at radius 3 is 3.00 bits per heavy atom. The molecule has 0 amide bonds. The van der Waals surface area contributed by atoms with Crippen molar-refractivity contribution in [2.75, 3.05) is 26.2 Å². The third-order valence-corrected chi connectivity index (χ3v) is 4.66. The summed E-state index contributed by atoms with van der Waals surface area (Å²) in [4.78, 5) is 2.62. The molecule has 104 valence electrons. The van der Waals surface area contributed by atoms with Gasteiger partial charge >= 0.3 is 0 Å². The molecule has 3 heteroatoms. The molecule has 1 aromatic carbocycles. The van der Waals surface area contributed by atoms with Crippen molar-refractivity contribution >= 4 is 0 Å². The number of benzene rings is 1. The quantitative estimate of drug-likeness (QED) is 0.905. The van der Waals surface area contributed by atoms with Gasteiger partial charge in [-0.3, -0.25) is 4.90 Å². The Morgan fingerprint density at radius 2 is 2.21 bits per heavy atom. The van der Waals surface area contributed by atoms with E-state index in [1.54, 1.807) is 0 Å². The molecule has 3 unspecified atom stereocenters. The number of ether oxygens (including phenoxy) is 1. The van der Waals surface area contributed by atoms with Crippen LogP contribution in [0, 0.1) is 5.92 Å². The topological polar surface area (TPSA) is 38.5 Å². The van der Waals surface area contributed by atoms with Gasteiger partial charge in [-0.15, -0.1) is 0 Å². The molecule has 1 fully saturated rings. The maximum Gasteiger partial charge on any atom is 0.122 e. The summed E-state index contributed by atoms with van der Waals surface area (Å²) in [6, 6.07) is 9.17. The highest BCUT2D eigenvalue weighted by Gasteiger charge is 2.31. The van der Waals surface area contributed by atoms with Crippen molar-refractivity contribution in [1.29, 1.82) is 0 Å². The number of fused-ring (bicyclic) bond motifs is 1. The van der Waals surface area contributed by atoms with Crippen LogP contribution in [0.1, 0.15) is 31.2 Å². The normalized spacial score (nSPS) is 30.9. The third-order valence-electron chi connectivity index (χ3n) is 4.66. The Hall–Kier alpha value is -1.06. The number of likely N-dealkylation sites (tertiary alicyclic amines) is 1. The molecule has 0 radical (unpaired) electrons. The smallest absolute Gasteiger partial charge is 0.122 e. The highest BCUT2D eigenvalue weighted by atomic mass is 16.5. The maximum atomic E-state index is 5.82. The molecule has 0 bridgehead atoms. The van der Waals surface area contributed by atoms with E-state index in [-0.39, 0.29) is 0 Å². The van der Waals surface area contributed by atoms with E-state index < -0.39 is 0 Å². The Labute approximate surface area is 115 Å². The fourth-order valence-corrected chi connectivity index (χ4v) is 3.53. The molecule has 0 aromatic heterocycles. The van der Waals surface area contributed by atoms with E-state index in [1.807, 2.05) is 0 Å². The van der Waals surface area contributed by atoms with Crippen molar-refractivity contribution in [3.05, 3.63) is 29.8 Å². The molecule has 2 aliphatic heterocycles. The first-order valence-electron chi connectivity index (χ1n) is 7.43. The highest BCUT2D eigenvalue weighted by molar-refractivity contribution is 5.38. The second-order valence-electron chi connectivity index (χ2n) is 6.01. The summed E-state index contributed by atoms with van der Waals surface area (Å²) < 4.78 is 5.75. The standard InChI is InChI=1S/C16H24N2O/c1-12-8-13(9-17)10-18(12)11-14-6-7-19-16-5-3-2-4-15(14)16/h2-5,12-14H,6-11,17H2,1H3. The van der Waals surface area contributed by atoms with Crippen LogP contribution in [-0.4, -0.2) is 37.2 Å². The zero-order chi connectivity index (χ0) is 13.2. The zero-order valence-corrected chi connectivity index (χ0v) is 11.7. The molecule has 1 aromatic rings. The van der Waals surface area contributed by atoms with E-state index in [0.717, 1.165) is 38.4 Å². The van der Waals surface area contributed by atoms with Crippen molar-refractivity contribution in [2.24, 2.45) is 11.7 Å². The predicted molar refractivity (Wildman–Crippen MR) is 77.5 cm³/mol. The highest BCUT2D eigenvalue weighted by Crippen LogP contribution is 2.35. The van der Waals surface area contributed by atoms with Crippen molar-refractivity contribution < 1.29 is 4.74 Å². The average Bonchev–Trinajstić information content (AvgIpc) is 2.80. The van der Waals surface area contributed by atoms with Crippen LogP contribution in [0.2, 0.25) is 0 Å². The summed E-state index contributed by atoms with van der Waals surface area (Å²) in [6.07, 6.45) is 2.38. The van der Waals surface area contributed by atoms with Crippen molar-refractivity contribution in [1.82, 2.24) is 4.90 Å². The Balaban J connectivity index is 1.71. The molecule has 0 aliphatic carbocycles. The van der Waals surface area contributed by atoms with Crippen LogP contribution in [0.5, 0.6) is 5.75 Å². The lowest BCUT2D eigenvalue weighted by atomic mass is 9.92. The number of hydrogen-bond donors (Lipinski definition) is 1. The Kier molecular flexibility index (Phi) is 3.76. The van der Waals surface area contributed by atoms with E-state index >= 15 is 0 Å². The molecular weight excluding hydrogens is 236 g/mol. The molecule has 19 heavy (non-hydrogen) atoms. The number of rotatable bonds is 3.